The fraction of sp³-hybridized carbons (Fsp3) is 0.846. The zero-order valence-corrected chi connectivity index (χ0v) is 21.3. The number of epoxide rings is 1. The lowest BCUT2D eigenvalue weighted by Crippen LogP contribution is -2.50. The van der Waals surface area contributed by atoms with Crippen molar-refractivity contribution in [1.29, 1.82) is 0 Å². The first kappa shape index (κ1) is 29.7. The Kier molecular flexibility index (Phi) is 12.6. The number of unbranched alkanes of at least 4 members (excludes halogenated alkanes) is 5. The molecule has 0 aliphatic carbocycles. The van der Waals surface area contributed by atoms with Crippen molar-refractivity contribution >= 4 is 11.9 Å². The maximum Gasteiger partial charge on any atom is 0.330 e. The molecule has 2 fully saturated rings. The predicted molar refractivity (Wildman–Crippen MR) is 129 cm³/mol. The maximum absolute atomic E-state index is 12.1. The molecule has 0 spiro atoms. The van der Waals surface area contributed by atoms with Crippen LogP contribution >= 0.6 is 0 Å². The quantitative estimate of drug-likeness (QED) is 0.109. The SMILES string of the molecule is C/C(=C\C(=O)OCCCCCCCCC(=O)O)C[C@@H]1OC[C@H](C[C@@H]2O[C@H]2C(C)C(C)O)[C@@H](O)[C@H]1O. The molecule has 0 radical (unpaired) electrons. The summed E-state index contributed by atoms with van der Waals surface area (Å²) >= 11 is 0. The Morgan fingerprint density at radius 1 is 1.03 bits per heavy atom. The lowest BCUT2D eigenvalue weighted by Gasteiger charge is -2.38. The highest BCUT2D eigenvalue weighted by Crippen LogP contribution is 2.38. The molecular formula is C26H44O9. The number of carbonyl (C=O) groups excluding carboxylic acids is 1. The van der Waals surface area contributed by atoms with Gasteiger partial charge in [-0.15, -0.1) is 0 Å². The molecule has 2 aliphatic rings. The fourth-order valence-corrected chi connectivity index (χ4v) is 4.59. The van der Waals surface area contributed by atoms with E-state index in [9.17, 15) is 24.9 Å². The molecule has 0 saturated carbocycles. The van der Waals surface area contributed by atoms with Gasteiger partial charge in [0.2, 0.25) is 0 Å². The first-order valence-corrected chi connectivity index (χ1v) is 13.0. The van der Waals surface area contributed by atoms with Gasteiger partial charge in [0, 0.05) is 24.3 Å². The lowest BCUT2D eigenvalue weighted by molar-refractivity contribution is -0.165. The summed E-state index contributed by atoms with van der Waals surface area (Å²) in [6.07, 6.45) is 4.61. The molecule has 0 aromatic rings. The van der Waals surface area contributed by atoms with Crippen molar-refractivity contribution in [3.8, 4) is 0 Å². The van der Waals surface area contributed by atoms with Gasteiger partial charge in [-0.3, -0.25) is 4.79 Å². The van der Waals surface area contributed by atoms with E-state index in [0.29, 0.717) is 38.0 Å². The van der Waals surface area contributed by atoms with Crippen molar-refractivity contribution in [3.05, 3.63) is 11.6 Å². The Morgan fingerprint density at radius 3 is 2.34 bits per heavy atom. The minimum atomic E-state index is -1.06. The Bertz CT molecular complexity index is 692. The molecule has 2 saturated heterocycles. The zero-order valence-electron chi connectivity index (χ0n) is 21.3. The highest BCUT2D eigenvalue weighted by atomic mass is 16.6. The van der Waals surface area contributed by atoms with E-state index >= 15 is 0 Å². The van der Waals surface area contributed by atoms with Crippen molar-refractivity contribution in [2.75, 3.05) is 13.2 Å². The predicted octanol–water partition coefficient (Wildman–Crippen LogP) is 2.59. The second-order valence-electron chi connectivity index (χ2n) is 10.2. The van der Waals surface area contributed by atoms with Gasteiger partial charge >= 0.3 is 11.9 Å². The summed E-state index contributed by atoms with van der Waals surface area (Å²) in [6, 6.07) is 0. The van der Waals surface area contributed by atoms with Gasteiger partial charge in [-0.05, 0) is 39.5 Å². The zero-order chi connectivity index (χ0) is 26.0. The van der Waals surface area contributed by atoms with E-state index in [-0.39, 0.29) is 30.5 Å². The van der Waals surface area contributed by atoms with Crippen LogP contribution in [0.4, 0.5) is 0 Å². The highest BCUT2D eigenvalue weighted by molar-refractivity contribution is 5.82. The van der Waals surface area contributed by atoms with Gasteiger partial charge in [-0.1, -0.05) is 38.2 Å². The number of aliphatic hydroxyl groups is 3. The average Bonchev–Trinajstić information content (AvgIpc) is 3.55. The van der Waals surface area contributed by atoms with Crippen molar-refractivity contribution in [2.45, 2.75) is 115 Å². The Hall–Kier alpha value is -1.52. The minimum absolute atomic E-state index is 0.0160. The second-order valence-corrected chi connectivity index (χ2v) is 10.2. The summed E-state index contributed by atoms with van der Waals surface area (Å²) in [6.45, 7) is 6.07. The van der Waals surface area contributed by atoms with Gasteiger partial charge in [0.05, 0.1) is 43.7 Å². The molecule has 4 N–H and O–H groups in total. The molecule has 0 amide bonds. The molecule has 9 nitrogen and oxygen atoms in total. The summed E-state index contributed by atoms with van der Waals surface area (Å²) < 4.78 is 16.7. The molecule has 0 aromatic carbocycles. The van der Waals surface area contributed by atoms with E-state index in [0.717, 1.165) is 32.1 Å². The number of ether oxygens (including phenoxy) is 3. The van der Waals surface area contributed by atoms with E-state index in [2.05, 4.69) is 0 Å². The van der Waals surface area contributed by atoms with Crippen molar-refractivity contribution < 1.29 is 44.2 Å². The van der Waals surface area contributed by atoms with Crippen LogP contribution in [-0.2, 0) is 23.8 Å². The van der Waals surface area contributed by atoms with Crippen LogP contribution in [0, 0.1) is 11.8 Å². The number of esters is 1. The maximum atomic E-state index is 12.1. The van der Waals surface area contributed by atoms with E-state index in [1.165, 1.54) is 6.08 Å². The number of rotatable bonds is 16. The Labute approximate surface area is 208 Å². The third kappa shape index (κ3) is 10.6. The van der Waals surface area contributed by atoms with Gasteiger partial charge in [-0.2, -0.15) is 0 Å². The summed E-state index contributed by atoms with van der Waals surface area (Å²) in [5.74, 6) is -1.42. The molecular weight excluding hydrogens is 456 g/mol. The van der Waals surface area contributed by atoms with Crippen LogP contribution < -0.4 is 0 Å². The molecule has 9 heteroatoms. The highest BCUT2D eigenvalue weighted by Gasteiger charge is 2.48. The molecule has 35 heavy (non-hydrogen) atoms. The third-order valence-corrected chi connectivity index (χ3v) is 7.09. The number of hydrogen-bond donors (Lipinski definition) is 4. The molecule has 202 valence electrons. The van der Waals surface area contributed by atoms with Gasteiger partial charge in [0.15, 0.2) is 0 Å². The number of aliphatic carboxylic acids is 1. The van der Waals surface area contributed by atoms with Crippen molar-refractivity contribution in [1.82, 2.24) is 0 Å². The van der Waals surface area contributed by atoms with Crippen LogP contribution in [0.25, 0.3) is 0 Å². The first-order chi connectivity index (χ1) is 16.6. The third-order valence-electron chi connectivity index (χ3n) is 7.09. The molecule has 2 rings (SSSR count). The van der Waals surface area contributed by atoms with Crippen LogP contribution in [0.3, 0.4) is 0 Å². The minimum Gasteiger partial charge on any atom is -0.481 e. The summed E-state index contributed by atoms with van der Waals surface area (Å²) in [4.78, 5) is 22.5. The van der Waals surface area contributed by atoms with E-state index < -0.39 is 36.4 Å². The normalized spacial score (nSPS) is 30.5. The molecule has 8 atom stereocenters. The monoisotopic (exact) mass is 500 g/mol. The molecule has 2 heterocycles. The number of carboxylic acids is 1. The van der Waals surface area contributed by atoms with Gasteiger partial charge < -0.3 is 34.6 Å². The average molecular weight is 501 g/mol. The number of carbonyl (C=O) groups is 2. The Balaban J connectivity index is 1.62. The fourth-order valence-electron chi connectivity index (χ4n) is 4.59. The standard InChI is InChI=1S/C26H44O9/c1-16(13-23(30)33-11-9-7-5-4-6-8-10-22(28)29)12-20-25(32)24(31)19(15-34-20)14-21-26(35-21)17(2)18(3)27/h13,17-21,24-27,31-32H,4-12,14-15H2,1-3H3,(H,28,29)/b16-13+/t17?,18?,19-,20-,21-,24+,25-,26-/m0/s1. The van der Waals surface area contributed by atoms with Gasteiger partial charge in [0.25, 0.3) is 0 Å². The van der Waals surface area contributed by atoms with Gasteiger partial charge in [-0.25, -0.2) is 4.79 Å². The summed E-state index contributed by atoms with van der Waals surface area (Å²) in [5, 5.41) is 39.5. The smallest absolute Gasteiger partial charge is 0.330 e. The van der Waals surface area contributed by atoms with Crippen LogP contribution in [0.15, 0.2) is 11.6 Å². The van der Waals surface area contributed by atoms with Crippen LogP contribution in [-0.4, -0.2) is 82.2 Å². The summed E-state index contributed by atoms with van der Waals surface area (Å²) in [5.41, 5.74) is 0.708. The number of hydrogen-bond acceptors (Lipinski definition) is 8. The van der Waals surface area contributed by atoms with Crippen LogP contribution in [0.1, 0.15) is 78.6 Å². The molecule has 0 bridgehead atoms. The number of aliphatic hydroxyl groups excluding tert-OH is 3. The van der Waals surface area contributed by atoms with E-state index in [1.54, 1.807) is 13.8 Å². The van der Waals surface area contributed by atoms with Crippen LogP contribution in [0.5, 0.6) is 0 Å². The summed E-state index contributed by atoms with van der Waals surface area (Å²) in [7, 11) is 0. The molecule has 2 aliphatic heterocycles. The van der Waals surface area contributed by atoms with E-state index in [4.69, 9.17) is 19.3 Å². The van der Waals surface area contributed by atoms with Crippen LogP contribution in [0.2, 0.25) is 0 Å². The topological polar surface area (TPSA) is 146 Å². The van der Waals surface area contributed by atoms with Crippen molar-refractivity contribution in [3.63, 3.8) is 0 Å². The molecule has 2 unspecified atom stereocenters. The van der Waals surface area contributed by atoms with Crippen molar-refractivity contribution in [2.24, 2.45) is 11.8 Å². The number of carboxylic acid groups (broad SMARTS) is 1. The second kappa shape index (κ2) is 14.9. The first-order valence-electron chi connectivity index (χ1n) is 13.0. The lowest BCUT2D eigenvalue weighted by atomic mass is 9.85. The largest absolute Gasteiger partial charge is 0.481 e. The van der Waals surface area contributed by atoms with E-state index in [1.807, 2.05) is 6.92 Å². The van der Waals surface area contributed by atoms with Gasteiger partial charge in [0.1, 0.15) is 6.10 Å². The Morgan fingerprint density at radius 2 is 1.69 bits per heavy atom. The molecule has 0 aromatic heterocycles.